The van der Waals surface area contributed by atoms with Crippen LogP contribution in [0.15, 0.2) is 16.6 Å². The molecular weight excluding hydrogens is 427 g/mol. The molecule has 144 valence electrons. The Morgan fingerprint density at radius 3 is 2.65 bits per heavy atom. The first-order valence-electron chi connectivity index (χ1n) is 8.39. The fraction of sp³-hybridized carbons (Fsp3) is 0.556. The van der Waals surface area contributed by atoms with Gasteiger partial charge in [0.05, 0.1) is 10.6 Å². The van der Waals surface area contributed by atoms with E-state index in [1.807, 2.05) is 20.8 Å². The standard InChI is InChI=1S/C18H23BrClFN2O3/c1-18(2,3)26-17(25)23-7-5-6-11(10-23)22(4)16(24)12-8-13(19)14(20)9-15(12)21/h8-9,11H,5-7,10H2,1-4H3. The number of rotatable bonds is 2. The zero-order chi connectivity index (χ0) is 19.6. The van der Waals surface area contributed by atoms with Gasteiger partial charge in [0.2, 0.25) is 0 Å². The van der Waals surface area contributed by atoms with Gasteiger partial charge in [0.15, 0.2) is 0 Å². The van der Waals surface area contributed by atoms with E-state index in [1.54, 1.807) is 11.9 Å². The van der Waals surface area contributed by atoms with Gasteiger partial charge >= 0.3 is 6.09 Å². The van der Waals surface area contributed by atoms with E-state index >= 15 is 0 Å². The summed E-state index contributed by atoms with van der Waals surface area (Å²) >= 11 is 9.07. The van der Waals surface area contributed by atoms with E-state index in [0.717, 1.165) is 18.9 Å². The van der Waals surface area contributed by atoms with E-state index in [-0.39, 0.29) is 16.6 Å². The fourth-order valence-corrected chi connectivity index (χ4v) is 3.30. The normalized spacial score (nSPS) is 17.8. The Labute approximate surface area is 166 Å². The van der Waals surface area contributed by atoms with Gasteiger partial charge in [-0.05, 0) is 61.7 Å². The van der Waals surface area contributed by atoms with Crippen molar-refractivity contribution < 1.29 is 18.7 Å². The zero-order valence-corrected chi connectivity index (χ0v) is 17.7. The number of carbonyl (C=O) groups is 2. The van der Waals surface area contributed by atoms with Crippen molar-refractivity contribution in [2.45, 2.75) is 45.3 Å². The maximum atomic E-state index is 14.2. The third kappa shape index (κ3) is 5.10. The van der Waals surface area contributed by atoms with Crippen molar-refractivity contribution in [3.05, 3.63) is 33.0 Å². The number of likely N-dealkylation sites (tertiary alicyclic amines) is 1. The number of piperidine rings is 1. The molecular formula is C18H23BrClFN2O3. The quantitative estimate of drug-likeness (QED) is 0.614. The molecule has 1 saturated heterocycles. The van der Waals surface area contributed by atoms with Crippen LogP contribution >= 0.6 is 27.5 Å². The van der Waals surface area contributed by atoms with Crippen LogP contribution in [0.25, 0.3) is 0 Å². The lowest BCUT2D eigenvalue weighted by atomic mass is 10.0. The van der Waals surface area contributed by atoms with E-state index < -0.39 is 23.4 Å². The van der Waals surface area contributed by atoms with Crippen molar-refractivity contribution in [1.29, 1.82) is 0 Å². The van der Waals surface area contributed by atoms with Gasteiger partial charge in [-0.15, -0.1) is 0 Å². The molecule has 1 atom stereocenters. The van der Waals surface area contributed by atoms with Crippen LogP contribution in [-0.4, -0.2) is 53.6 Å². The van der Waals surface area contributed by atoms with E-state index in [9.17, 15) is 14.0 Å². The Morgan fingerprint density at radius 1 is 1.38 bits per heavy atom. The minimum absolute atomic E-state index is 0.0573. The summed E-state index contributed by atoms with van der Waals surface area (Å²) in [5.41, 5.74) is -0.636. The maximum Gasteiger partial charge on any atom is 0.410 e. The first-order chi connectivity index (χ1) is 12.0. The molecule has 1 aliphatic heterocycles. The Kier molecular flexibility index (Phi) is 6.55. The van der Waals surface area contributed by atoms with Crippen LogP contribution in [0.5, 0.6) is 0 Å². The summed E-state index contributed by atoms with van der Waals surface area (Å²) < 4.78 is 20.0. The van der Waals surface area contributed by atoms with Crippen LogP contribution in [0.1, 0.15) is 44.0 Å². The van der Waals surface area contributed by atoms with Gasteiger partial charge in [-0.3, -0.25) is 4.79 Å². The van der Waals surface area contributed by atoms with Crippen LogP contribution < -0.4 is 0 Å². The summed E-state index contributed by atoms with van der Waals surface area (Å²) in [6.07, 6.45) is 1.08. The minimum Gasteiger partial charge on any atom is -0.444 e. The average Bonchev–Trinajstić information content (AvgIpc) is 2.55. The maximum absolute atomic E-state index is 14.2. The van der Waals surface area contributed by atoms with Crippen molar-refractivity contribution >= 4 is 39.5 Å². The Morgan fingerprint density at radius 2 is 2.04 bits per heavy atom. The topological polar surface area (TPSA) is 49.9 Å². The highest BCUT2D eigenvalue weighted by molar-refractivity contribution is 9.10. The average molecular weight is 450 g/mol. The second-order valence-corrected chi connectivity index (χ2v) is 8.65. The van der Waals surface area contributed by atoms with Gasteiger partial charge in [-0.25, -0.2) is 9.18 Å². The Bertz CT molecular complexity index is 708. The molecule has 1 fully saturated rings. The Balaban J connectivity index is 2.11. The molecule has 2 rings (SSSR count). The molecule has 0 aromatic heterocycles. The third-order valence-electron chi connectivity index (χ3n) is 4.16. The van der Waals surface area contributed by atoms with Crippen LogP contribution in [-0.2, 0) is 4.74 Å². The lowest BCUT2D eigenvalue weighted by Crippen LogP contribution is -2.51. The lowest BCUT2D eigenvalue weighted by molar-refractivity contribution is 0.0122. The number of benzene rings is 1. The van der Waals surface area contributed by atoms with E-state index in [4.69, 9.17) is 16.3 Å². The SMILES string of the molecule is CN(C(=O)c1cc(Br)c(Cl)cc1F)C1CCCN(C(=O)OC(C)(C)C)C1. The molecule has 5 nitrogen and oxygen atoms in total. The molecule has 0 N–H and O–H groups in total. The highest BCUT2D eigenvalue weighted by Crippen LogP contribution is 2.27. The van der Waals surface area contributed by atoms with Gasteiger partial charge in [-0.1, -0.05) is 11.6 Å². The van der Waals surface area contributed by atoms with Crippen LogP contribution in [0, 0.1) is 5.82 Å². The largest absolute Gasteiger partial charge is 0.444 e. The number of nitrogens with zero attached hydrogens (tertiary/aromatic N) is 2. The number of hydrogen-bond donors (Lipinski definition) is 0. The molecule has 1 unspecified atom stereocenters. The van der Waals surface area contributed by atoms with Crippen LogP contribution in [0.3, 0.4) is 0 Å². The minimum atomic E-state index is -0.671. The second kappa shape index (κ2) is 8.13. The predicted octanol–water partition coefficient (Wildman–Crippen LogP) is 4.71. The van der Waals surface area contributed by atoms with E-state index in [0.29, 0.717) is 17.6 Å². The molecule has 0 aliphatic carbocycles. The second-order valence-electron chi connectivity index (χ2n) is 7.38. The van der Waals surface area contributed by atoms with Crippen LogP contribution in [0.2, 0.25) is 5.02 Å². The Hall–Kier alpha value is -1.34. The summed E-state index contributed by atoms with van der Waals surface area (Å²) in [6, 6.07) is 2.28. The summed E-state index contributed by atoms with van der Waals surface area (Å²) in [6.45, 7) is 6.36. The van der Waals surface area contributed by atoms with Crippen molar-refractivity contribution in [1.82, 2.24) is 9.80 Å². The van der Waals surface area contributed by atoms with Gasteiger partial charge in [0, 0.05) is 30.7 Å². The van der Waals surface area contributed by atoms with Crippen molar-refractivity contribution in [3.8, 4) is 0 Å². The third-order valence-corrected chi connectivity index (χ3v) is 5.35. The van der Waals surface area contributed by atoms with Crippen molar-refractivity contribution in [2.24, 2.45) is 0 Å². The summed E-state index contributed by atoms with van der Waals surface area (Å²) in [5, 5.41) is 0.204. The van der Waals surface area contributed by atoms with E-state index in [1.165, 1.54) is 11.0 Å². The van der Waals surface area contributed by atoms with E-state index in [2.05, 4.69) is 15.9 Å². The molecule has 0 spiro atoms. The molecule has 0 radical (unpaired) electrons. The van der Waals surface area contributed by atoms with Gasteiger partial charge in [0.25, 0.3) is 5.91 Å². The lowest BCUT2D eigenvalue weighted by Gasteiger charge is -2.38. The fourth-order valence-electron chi connectivity index (χ4n) is 2.81. The summed E-state index contributed by atoms with van der Waals surface area (Å²) in [7, 11) is 1.62. The number of carbonyl (C=O) groups excluding carboxylic acids is 2. The molecule has 26 heavy (non-hydrogen) atoms. The summed E-state index contributed by atoms with van der Waals surface area (Å²) in [4.78, 5) is 28.1. The van der Waals surface area contributed by atoms with Gasteiger partial charge in [-0.2, -0.15) is 0 Å². The first-order valence-corrected chi connectivity index (χ1v) is 9.56. The number of likely N-dealkylation sites (N-methyl/N-ethyl adjacent to an activating group) is 1. The highest BCUT2D eigenvalue weighted by atomic mass is 79.9. The van der Waals surface area contributed by atoms with Gasteiger partial charge < -0.3 is 14.5 Å². The number of halogens is 3. The zero-order valence-electron chi connectivity index (χ0n) is 15.3. The molecule has 8 heteroatoms. The van der Waals surface area contributed by atoms with Gasteiger partial charge in [0.1, 0.15) is 11.4 Å². The number of hydrogen-bond acceptors (Lipinski definition) is 3. The molecule has 1 aliphatic rings. The molecule has 1 aromatic rings. The molecule has 2 amide bonds. The molecule has 0 saturated carbocycles. The summed E-state index contributed by atoms with van der Waals surface area (Å²) in [5.74, 6) is -1.12. The molecule has 1 heterocycles. The first kappa shape index (κ1) is 21.0. The number of amides is 2. The number of ether oxygens (including phenoxy) is 1. The molecule has 1 aromatic carbocycles. The highest BCUT2D eigenvalue weighted by Gasteiger charge is 2.32. The smallest absolute Gasteiger partial charge is 0.410 e. The predicted molar refractivity (Wildman–Crippen MR) is 102 cm³/mol. The monoisotopic (exact) mass is 448 g/mol. The van der Waals surface area contributed by atoms with Crippen molar-refractivity contribution in [2.75, 3.05) is 20.1 Å². The van der Waals surface area contributed by atoms with Crippen molar-refractivity contribution in [3.63, 3.8) is 0 Å². The van der Waals surface area contributed by atoms with Crippen LogP contribution in [0.4, 0.5) is 9.18 Å². The molecule has 0 bridgehead atoms.